The molecule has 1 heterocycles. The van der Waals surface area contributed by atoms with Gasteiger partial charge in [0.05, 0.1) is 5.69 Å². The number of benzene rings is 1. The van der Waals surface area contributed by atoms with Crippen LogP contribution in [-0.2, 0) is 0 Å². The summed E-state index contributed by atoms with van der Waals surface area (Å²) >= 11 is 3.46. The fourth-order valence-corrected chi connectivity index (χ4v) is 1.79. The first-order chi connectivity index (χ1) is 6.66. The molecule has 72 valence electrons. The van der Waals surface area contributed by atoms with E-state index in [-0.39, 0.29) is 0 Å². The number of nitrogens with zero attached hydrogens (tertiary/aromatic N) is 1. The molecule has 0 radical (unpaired) electrons. The van der Waals surface area contributed by atoms with E-state index in [0.29, 0.717) is 0 Å². The number of aryl methyl sites for hydroxylation is 2. The average Bonchev–Trinajstić information content (AvgIpc) is 2.56. The van der Waals surface area contributed by atoms with Crippen LogP contribution in [-0.4, -0.2) is 10.2 Å². The van der Waals surface area contributed by atoms with Gasteiger partial charge in [0.2, 0.25) is 0 Å². The van der Waals surface area contributed by atoms with Crippen LogP contribution in [0.15, 0.2) is 28.7 Å². The van der Waals surface area contributed by atoms with E-state index in [9.17, 15) is 0 Å². The number of rotatable bonds is 1. The molecule has 0 atom stereocenters. The molecule has 0 saturated heterocycles. The molecule has 0 fully saturated rings. The van der Waals surface area contributed by atoms with Crippen molar-refractivity contribution in [3.63, 3.8) is 0 Å². The molecule has 2 rings (SSSR count). The molecule has 2 nitrogen and oxygen atoms in total. The van der Waals surface area contributed by atoms with Crippen LogP contribution in [0.4, 0.5) is 0 Å². The summed E-state index contributed by atoms with van der Waals surface area (Å²) < 4.78 is 1.08. The molecular formula is C11H11BrN2. The molecule has 0 bridgehead atoms. The van der Waals surface area contributed by atoms with Crippen LogP contribution in [0.2, 0.25) is 0 Å². The normalized spacial score (nSPS) is 10.5. The van der Waals surface area contributed by atoms with Crippen molar-refractivity contribution in [2.24, 2.45) is 0 Å². The minimum absolute atomic E-state index is 1.00. The van der Waals surface area contributed by atoms with Crippen molar-refractivity contribution in [1.29, 1.82) is 0 Å². The van der Waals surface area contributed by atoms with E-state index in [1.165, 1.54) is 11.1 Å². The number of halogens is 1. The van der Waals surface area contributed by atoms with E-state index < -0.39 is 0 Å². The molecule has 0 amide bonds. The van der Waals surface area contributed by atoms with Gasteiger partial charge in [0.1, 0.15) is 0 Å². The lowest BCUT2D eigenvalue weighted by molar-refractivity contribution is 1.05. The Balaban J connectivity index is 2.55. The number of aromatic amines is 1. The monoisotopic (exact) mass is 250 g/mol. The molecular weight excluding hydrogens is 240 g/mol. The summed E-state index contributed by atoms with van der Waals surface area (Å²) in [5, 5.41) is 7.19. The highest BCUT2D eigenvalue weighted by Gasteiger charge is 2.05. The fourth-order valence-electron chi connectivity index (χ4n) is 1.43. The molecule has 0 spiro atoms. The first-order valence-electron chi connectivity index (χ1n) is 4.45. The van der Waals surface area contributed by atoms with Crippen LogP contribution in [0.5, 0.6) is 0 Å². The van der Waals surface area contributed by atoms with Crippen molar-refractivity contribution < 1.29 is 0 Å². The van der Waals surface area contributed by atoms with Gasteiger partial charge in [-0.2, -0.15) is 5.10 Å². The number of H-pyrrole nitrogens is 1. The zero-order valence-corrected chi connectivity index (χ0v) is 9.72. The van der Waals surface area contributed by atoms with Crippen molar-refractivity contribution in [3.8, 4) is 11.3 Å². The highest BCUT2D eigenvalue weighted by molar-refractivity contribution is 9.10. The molecule has 0 aliphatic rings. The summed E-state index contributed by atoms with van der Waals surface area (Å²) in [5.41, 5.74) is 4.49. The zero-order chi connectivity index (χ0) is 10.1. The Hall–Kier alpha value is -1.09. The van der Waals surface area contributed by atoms with Crippen molar-refractivity contribution in [1.82, 2.24) is 10.2 Å². The van der Waals surface area contributed by atoms with Crippen molar-refractivity contribution in [2.45, 2.75) is 13.8 Å². The lowest BCUT2D eigenvalue weighted by Crippen LogP contribution is -1.83. The largest absolute Gasteiger partial charge is 0.282 e. The summed E-state index contributed by atoms with van der Waals surface area (Å²) in [5.74, 6) is 0. The lowest BCUT2D eigenvalue weighted by Gasteiger charge is -2.02. The Morgan fingerprint density at radius 2 is 2.00 bits per heavy atom. The Morgan fingerprint density at radius 1 is 1.21 bits per heavy atom. The predicted octanol–water partition coefficient (Wildman–Crippen LogP) is 3.46. The number of nitrogens with one attached hydrogen (secondary N) is 1. The molecule has 3 heteroatoms. The van der Waals surface area contributed by atoms with Crippen LogP contribution in [0.25, 0.3) is 11.3 Å². The third kappa shape index (κ3) is 1.73. The topological polar surface area (TPSA) is 28.7 Å². The fraction of sp³-hybridized carbons (Fsp3) is 0.182. The Kier molecular flexibility index (Phi) is 2.42. The maximum absolute atomic E-state index is 4.24. The van der Waals surface area contributed by atoms with Gasteiger partial charge in [0, 0.05) is 15.7 Å². The third-order valence-electron chi connectivity index (χ3n) is 2.18. The highest BCUT2D eigenvalue weighted by atomic mass is 79.9. The second kappa shape index (κ2) is 3.58. The number of hydrogen-bond acceptors (Lipinski definition) is 1. The molecule has 14 heavy (non-hydrogen) atoms. The second-order valence-corrected chi connectivity index (χ2v) is 4.31. The Bertz CT molecular complexity index is 460. The minimum Gasteiger partial charge on any atom is -0.282 e. The molecule has 0 saturated carbocycles. The summed E-state index contributed by atoms with van der Waals surface area (Å²) in [6.07, 6.45) is 0. The molecule has 0 unspecified atom stereocenters. The molecule has 1 aromatic heterocycles. The molecule has 1 N–H and O–H groups in total. The van der Waals surface area contributed by atoms with E-state index in [1.54, 1.807) is 0 Å². The lowest BCUT2D eigenvalue weighted by atomic mass is 10.1. The summed E-state index contributed by atoms with van der Waals surface area (Å²) in [4.78, 5) is 0. The summed E-state index contributed by atoms with van der Waals surface area (Å²) in [6, 6.07) is 8.27. The van der Waals surface area contributed by atoms with Crippen LogP contribution in [0, 0.1) is 13.8 Å². The van der Waals surface area contributed by atoms with Gasteiger partial charge in [-0.3, -0.25) is 5.10 Å². The standard InChI is InChI=1S/C11H11BrN2/c1-7-3-4-9(12)6-10(7)11-5-8(2)13-14-11/h3-6H,1-2H3,(H,13,14). The van der Waals surface area contributed by atoms with Crippen LogP contribution >= 0.6 is 15.9 Å². The maximum atomic E-state index is 4.24. The minimum atomic E-state index is 1.00. The van der Waals surface area contributed by atoms with Gasteiger partial charge in [-0.15, -0.1) is 0 Å². The molecule has 2 aromatic rings. The summed E-state index contributed by atoms with van der Waals surface area (Å²) in [7, 11) is 0. The van der Waals surface area contributed by atoms with Crippen molar-refractivity contribution >= 4 is 15.9 Å². The highest BCUT2D eigenvalue weighted by Crippen LogP contribution is 2.25. The van der Waals surface area contributed by atoms with Crippen LogP contribution in [0.1, 0.15) is 11.3 Å². The second-order valence-electron chi connectivity index (χ2n) is 3.40. The first kappa shape index (κ1) is 9.46. The van der Waals surface area contributed by atoms with Gasteiger partial charge in [0.15, 0.2) is 0 Å². The van der Waals surface area contributed by atoms with E-state index in [0.717, 1.165) is 15.9 Å². The quantitative estimate of drug-likeness (QED) is 0.826. The van der Waals surface area contributed by atoms with Gasteiger partial charge in [0.25, 0.3) is 0 Å². The van der Waals surface area contributed by atoms with Crippen molar-refractivity contribution in [2.75, 3.05) is 0 Å². The van der Waals surface area contributed by atoms with Gasteiger partial charge in [-0.05, 0) is 37.6 Å². The van der Waals surface area contributed by atoms with Gasteiger partial charge >= 0.3 is 0 Å². The molecule has 0 aliphatic carbocycles. The van der Waals surface area contributed by atoms with E-state index in [4.69, 9.17) is 0 Å². The predicted molar refractivity (Wildman–Crippen MR) is 61.2 cm³/mol. The smallest absolute Gasteiger partial charge is 0.0926 e. The van der Waals surface area contributed by atoms with E-state index >= 15 is 0 Å². The Morgan fingerprint density at radius 3 is 2.64 bits per heavy atom. The summed E-state index contributed by atoms with van der Waals surface area (Å²) in [6.45, 7) is 4.09. The molecule has 1 aromatic carbocycles. The molecule has 0 aliphatic heterocycles. The van der Waals surface area contributed by atoms with Gasteiger partial charge in [-0.25, -0.2) is 0 Å². The number of hydrogen-bond donors (Lipinski definition) is 1. The number of aromatic nitrogens is 2. The first-order valence-corrected chi connectivity index (χ1v) is 5.24. The van der Waals surface area contributed by atoms with Crippen LogP contribution < -0.4 is 0 Å². The Labute approximate surface area is 91.5 Å². The average molecular weight is 251 g/mol. The van der Waals surface area contributed by atoms with Gasteiger partial charge < -0.3 is 0 Å². The SMILES string of the molecule is Cc1cc(-c2cc(Br)ccc2C)n[nH]1. The van der Waals surface area contributed by atoms with E-state index in [2.05, 4.69) is 51.3 Å². The van der Waals surface area contributed by atoms with E-state index in [1.807, 2.05) is 13.0 Å². The van der Waals surface area contributed by atoms with Crippen molar-refractivity contribution in [3.05, 3.63) is 40.0 Å². The zero-order valence-electron chi connectivity index (χ0n) is 8.13. The van der Waals surface area contributed by atoms with Gasteiger partial charge in [-0.1, -0.05) is 22.0 Å². The third-order valence-corrected chi connectivity index (χ3v) is 2.67. The van der Waals surface area contributed by atoms with Crippen LogP contribution in [0.3, 0.4) is 0 Å². The maximum Gasteiger partial charge on any atom is 0.0926 e.